The van der Waals surface area contributed by atoms with E-state index in [2.05, 4.69) is 5.32 Å². The Kier molecular flexibility index (Phi) is 7.38. The number of fused-ring (bicyclic) bond motifs is 10. The van der Waals surface area contributed by atoms with Crippen LogP contribution in [0.3, 0.4) is 0 Å². The molecule has 1 aromatic carbocycles. The minimum atomic E-state index is -1.39. The van der Waals surface area contributed by atoms with E-state index in [-0.39, 0.29) is 35.6 Å². The van der Waals surface area contributed by atoms with Crippen LogP contribution in [-0.2, 0) is 6.54 Å². The number of aromatic hydroxyl groups is 2. The van der Waals surface area contributed by atoms with Gasteiger partial charge in [-0.1, -0.05) is 0 Å². The molecule has 2 aromatic heterocycles. The Balaban J connectivity index is 0.000000160. The molecule has 4 aliphatic carbocycles. The maximum Gasteiger partial charge on any atom is 0.341 e. The molecule has 0 unspecified atom stereocenters. The predicted molar refractivity (Wildman–Crippen MR) is 171 cm³/mol. The first-order valence-corrected chi connectivity index (χ1v) is 16.8. The fourth-order valence-corrected chi connectivity index (χ4v) is 9.15. The molecule has 2 aliphatic heterocycles. The summed E-state index contributed by atoms with van der Waals surface area (Å²) in [6, 6.07) is 0.682. The van der Waals surface area contributed by atoms with Crippen molar-refractivity contribution in [3.63, 3.8) is 0 Å². The molecule has 0 radical (unpaired) electrons. The van der Waals surface area contributed by atoms with E-state index in [1.54, 1.807) is 23.9 Å². The second-order valence-electron chi connectivity index (χ2n) is 14.5. The monoisotopic (exact) mass is 723 g/mol. The van der Waals surface area contributed by atoms with Gasteiger partial charge in [-0.05, 0) is 49.4 Å². The molecule has 52 heavy (non-hydrogen) atoms. The van der Waals surface area contributed by atoms with Crippen LogP contribution in [0, 0.1) is 41.1 Å². The molecule has 0 spiro atoms. The van der Waals surface area contributed by atoms with Crippen LogP contribution in [0.1, 0.15) is 85.0 Å². The van der Waals surface area contributed by atoms with E-state index in [1.165, 1.54) is 21.5 Å². The summed E-state index contributed by atoms with van der Waals surface area (Å²) in [5, 5.41) is 31.8. The number of carboxylic acid groups (broad SMARTS) is 1. The van der Waals surface area contributed by atoms with Gasteiger partial charge in [-0.15, -0.1) is 0 Å². The molecule has 272 valence electrons. The molecule has 9 rings (SSSR count). The number of aromatic carboxylic acids is 1. The van der Waals surface area contributed by atoms with E-state index in [1.807, 2.05) is 0 Å². The van der Waals surface area contributed by atoms with Gasteiger partial charge in [0.2, 0.25) is 10.9 Å². The Bertz CT molecular complexity index is 2250. The minimum Gasteiger partial charge on any atom is -0.503 e. The smallest absolute Gasteiger partial charge is 0.341 e. The second kappa shape index (κ2) is 11.4. The van der Waals surface area contributed by atoms with Crippen molar-refractivity contribution in [2.75, 3.05) is 14.1 Å². The van der Waals surface area contributed by atoms with E-state index in [0.717, 1.165) is 25.7 Å². The summed E-state index contributed by atoms with van der Waals surface area (Å²) < 4.78 is 43.7. The lowest BCUT2D eigenvalue weighted by atomic mass is 9.99. The number of likely N-dealkylation sites (N-methyl/N-ethyl adjacent to an activating group) is 2. The lowest BCUT2D eigenvalue weighted by Gasteiger charge is -2.39. The highest BCUT2D eigenvalue weighted by Crippen LogP contribution is 2.60. The lowest BCUT2D eigenvalue weighted by molar-refractivity contribution is 0.0573. The molecule has 17 heteroatoms. The number of carboxylic acids is 1. The van der Waals surface area contributed by atoms with Crippen LogP contribution in [0.15, 0.2) is 34.1 Å². The molecule has 4 saturated carbocycles. The van der Waals surface area contributed by atoms with E-state index in [0.29, 0.717) is 35.8 Å². The van der Waals surface area contributed by atoms with E-state index in [4.69, 9.17) is 5.11 Å². The molecule has 3 aromatic rings. The second-order valence-corrected chi connectivity index (χ2v) is 14.5. The Hall–Kier alpha value is -5.61. The minimum absolute atomic E-state index is 0.0264. The molecular formula is C35H32F3N5O9. The van der Waals surface area contributed by atoms with Crippen LogP contribution in [-0.4, -0.2) is 84.1 Å². The van der Waals surface area contributed by atoms with Gasteiger partial charge < -0.3 is 39.6 Å². The van der Waals surface area contributed by atoms with Crippen LogP contribution >= 0.6 is 0 Å². The third-order valence-corrected chi connectivity index (χ3v) is 11.8. The molecule has 0 saturated heterocycles. The molecule has 6 aliphatic rings. The summed E-state index contributed by atoms with van der Waals surface area (Å²) in [5.74, 6) is -6.50. The first-order chi connectivity index (χ1) is 24.6. The van der Waals surface area contributed by atoms with Gasteiger partial charge in [-0.3, -0.25) is 24.0 Å². The molecule has 4 heterocycles. The largest absolute Gasteiger partial charge is 0.503 e. The number of amides is 3. The van der Waals surface area contributed by atoms with Crippen LogP contribution in [0.4, 0.5) is 13.2 Å². The van der Waals surface area contributed by atoms with Crippen LogP contribution < -0.4 is 16.2 Å². The van der Waals surface area contributed by atoms with Crippen molar-refractivity contribution in [1.82, 2.24) is 24.3 Å². The summed E-state index contributed by atoms with van der Waals surface area (Å²) in [5.41, 5.74) is -3.81. The van der Waals surface area contributed by atoms with Gasteiger partial charge in [0.05, 0.1) is 24.2 Å². The maximum absolute atomic E-state index is 13.8. The standard InChI is InChI=1S/C21H18F3N3O4.C14H14N2O5/c1-26-16-10-2-8(10)3-15(16)27-7-12(18(28)19(29)17(27)21(26)31)20(30)25-6-11-13(23)4-9(22)5-14(11)24;1-15-9-6-2-5(6)3-8(9)16-4-7(14(20)21)11(17)12(18)10(16)13(15)19/h4-5,7-8,10,15-16,29H,2-3,6H2,1H3,(H,25,30);4-6,8-9,18H,2-3H2,1H3,(H,20,21)/t8-,10-,15-,16+;5-,6-,8-,9+/m00/s1. The predicted octanol–water partition coefficient (Wildman–Crippen LogP) is 2.22. The Morgan fingerprint density at radius 1 is 0.750 bits per heavy atom. The zero-order chi connectivity index (χ0) is 37.2. The van der Waals surface area contributed by atoms with Crippen molar-refractivity contribution in [3.05, 3.63) is 90.5 Å². The van der Waals surface area contributed by atoms with Crippen molar-refractivity contribution >= 4 is 23.7 Å². The van der Waals surface area contributed by atoms with Gasteiger partial charge in [-0.25, -0.2) is 18.0 Å². The van der Waals surface area contributed by atoms with Gasteiger partial charge in [-0.2, -0.15) is 0 Å². The third-order valence-electron chi connectivity index (χ3n) is 11.8. The number of nitrogens with one attached hydrogen (secondary N) is 1. The van der Waals surface area contributed by atoms with Crippen molar-refractivity contribution in [1.29, 1.82) is 0 Å². The van der Waals surface area contributed by atoms with Gasteiger partial charge >= 0.3 is 5.97 Å². The number of aromatic nitrogens is 2. The SMILES string of the molecule is CN1C(=O)c2c(O)c(=O)c(C(=O)NCc3c(F)cc(F)cc3F)cn2[C@H]2C[C@@H]3C[C@@H]3[C@H]21.CN1C(=O)c2c(O)c(=O)c(C(=O)O)cn2[C@H]2C[C@@H]3C[C@@H]3[C@H]21. The zero-order valence-electron chi connectivity index (χ0n) is 27.7. The average Bonchev–Trinajstić information content (AvgIpc) is 3.97. The Labute approximate surface area is 291 Å². The van der Waals surface area contributed by atoms with Gasteiger partial charge in [0, 0.05) is 50.7 Å². The number of pyridine rings is 2. The van der Waals surface area contributed by atoms with E-state index < -0.39 is 86.7 Å². The maximum atomic E-state index is 13.8. The quantitative estimate of drug-likeness (QED) is 0.313. The molecule has 14 nitrogen and oxygen atoms in total. The van der Waals surface area contributed by atoms with E-state index in [9.17, 15) is 52.2 Å². The number of halogens is 3. The highest BCUT2D eigenvalue weighted by atomic mass is 19.1. The fraction of sp³-hybridized carbons (Fsp3) is 0.429. The molecule has 4 fully saturated rings. The zero-order valence-corrected chi connectivity index (χ0v) is 27.7. The van der Waals surface area contributed by atoms with Crippen LogP contribution in [0.2, 0.25) is 0 Å². The number of hydrogen-bond donors (Lipinski definition) is 4. The summed E-state index contributed by atoms with van der Waals surface area (Å²) in [6.07, 6.45) is 6.16. The summed E-state index contributed by atoms with van der Waals surface area (Å²) >= 11 is 0. The number of hydrogen-bond acceptors (Lipinski definition) is 8. The topological polar surface area (TPSA) is 191 Å². The molecule has 4 N–H and O–H groups in total. The van der Waals surface area contributed by atoms with Gasteiger partial charge in [0.15, 0.2) is 22.9 Å². The van der Waals surface area contributed by atoms with Crippen molar-refractivity contribution in [2.24, 2.45) is 23.7 Å². The van der Waals surface area contributed by atoms with E-state index >= 15 is 0 Å². The van der Waals surface area contributed by atoms with Gasteiger partial charge in [0.1, 0.15) is 28.6 Å². The normalized spacial score (nSPS) is 28.4. The van der Waals surface area contributed by atoms with Crippen molar-refractivity contribution in [3.8, 4) is 11.5 Å². The Morgan fingerprint density at radius 2 is 1.19 bits per heavy atom. The van der Waals surface area contributed by atoms with Crippen LogP contribution in [0.25, 0.3) is 0 Å². The lowest BCUT2D eigenvalue weighted by Crippen LogP contribution is -2.49. The van der Waals surface area contributed by atoms with Gasteiger partial charge in [0.25, 0.3) is 17.7 Å². The number of benzene rings is 1. The van der Waals surface area contributed by atoms with Crippen LogP contribution in [0.5, 0.6) is 11.5 Å². The average molecular weight is 724 g/mol. The summed E-state index contributed by atoms with van der Waals surface area (Å²) in [7, 11) is 3.32. The first-order valence-electron chi connectivity index (χ1n) is 16.8. The highest BCUT2D eigenvalue weighted by molar-refractivity contribution is 5.99. The molecule has 0 bridgehead atoms. The Morgan fingerprint density at radius 3 is 1.65 bits per heavy atom. The third kappa shape index (κ3) is 4.84. The fourth-order valence-electron chi connectivity index (χ4n) is 9.15. The summed E-state index contributed by atoms with van der Waals surface area (Å²) in [6.45, 7) is -0.628. The molecular weight excluding hydrogens is 691 g/mol. The number of rotatable bonds is 4. The summed E-state index contributed by atoms with van der Waals surface area (Å²) in [4.78, 5) is 76.6. The number of carbonyl (C=O) groups is 4. The first kappa shape index (κ1) is 33.5. The molecule has 8 atom stereocenters. The van der Waals surface area contributed by atoms with Crippen molar-refractivity contribution < 1.29 is 47.7 Å². The number of nitrogens with zero attached hydrogens (tertiary/aromatic N) is 4. The molecule has 3 amide bonds. The number of carbonyl (C=O) groups excluding carboxylic acids is 3. The van der Waals surface area contributed by atoms with Crippen molar-refractivity contribution in [2.45, 2.75) is 56.4 Å². The highest BCUT2D eigenvalue weighted by Gasteiger charge is 2.60.